The van der Waals surface area contributed by atoms with Gasteiger partial charge >= 0.3 is 5.97 Å². The number of carbonyl (C=O) groups excluding carboxylic acids is 1. The van der Waals surface area contributed by atoms with E-state index in [0.29, 0.717) is 17.3 Å². The third-order valence-corrected chi connectivity index (χ3v) is 3.38. The monoisotopic (exact) mass is 278 g/mol. The van der Waals surface area contributed by atoms with E-state index < -0.39 is 0 Å². The first kappa shape index (κ1) is 16.3. The minimum Gasteiger partial charge on any atom is -0.465 e. The Morgan fingerprint density at radius 1 is 1.35 bits per heavy atom. The molecule has 1 aromatic carbocycles. The average molecular weight is 278 g/mol. The number of rotatable bonds is 7. The highest BCUT2D eigenvalue weighted by atomic mass is 16.5. The molecule has 0 aliphatic rings. The molecule has 0 bridgehead atoms. The van der Waals surface area contributed by atoms with Crippen molar-refractivity contribution in [1.82, 2.24) is 0 Å². The molecule has 0 aliphatic heterocycles. The summed E-state index contributed by atoms with van der Waals surface area (Å²) in [5, 5.41) is 0. The molecule has 0 unspecified atom stereocenters. The maximum Gasteiger partial charge on any atom is 0.337 e. The second-order valence-corrected chi connectivity index (χ2v) is 5.26. The van der Waals surface area contributed by atoms with E-state index in [1.165, 1.54) is 20.0 Å². The van der Waals surface area contributed by atoms with Crippen LogP contribution in [0, 0.1) is 0 Å². The number of carbonyl (C=O) groups is 1. The Morgan fingerprint density at radius 2 is 2.05 bits per heavy atom. The molecule has 112 valence electrons. The molecule has 0 saturated carbocycles. The summed E-state index contributed by atoms with van der Waals surface area (Å²) < 4.78 is 4.71. The van der Waals surface area contributed by atoms with Crippen molar-refractivity contribution in [2.75, 3.05) is 24.3 Å². The molecule has 20 heavy (non-hydrogen) atoms. The van der Waals surface area contributed by atoms with Gasteiger partial charge in [-0.3, -0.25) is 0 Å². The lowest BCUT2D eigenvalue weighted by Gasteiger charge is -2.30. The second-order valence-electron chi connectivity index (χ2n) is 5.26. The lowest BCUT2D eigenvalue weighted by molar-refractivity contribution is 0.0601. The van der Waals surface area contributed by atoms with Crippen LogP contribution < -0.4 is 10.6 Å². The molecule has 2 N–H and O–H groups in total. The highest BCUT2D eigenvalue weighted by Gasteiger charge is 2.15. The Morgan fingerprint density at radius 3 is 2.55 bits per heavy atom. The van der Waals surface area contributed by atoms with Crippen LogP contribution in [0.2, 0.25) is 0 Å². The molecule has 0 spiro atoms. The van der Waals surface area contributed by atoms with Crippen molar-refractivity contribution in [3.05, 3.63) is 23.8 Å². The lowest BCUT2D eigenvalue weighted by Crippen LogP contribution is -2.32. The third kappa shape index (κ3) is 4.15. The summed E-state index contributed by atoms with van der Waals surface area (Å²) in [6.45, 7) is 7.48. The van der Waals surface area contributed by atoms with Crippen LogP contribution in [-0.4, -0.2) is 25.7 Å². The van der Waals surface area contributed by atoms with Crippen molar-refractivity contribution in [1.29, 1.82) is 0 Å². The van der Waals surface area contributed by atoms with Gasteiger partial charge in [-0.25, -0.2) is 4.79 Å². The summed E-state index contributed by atoms with van der Waals surface area (Å²) >= 11 is 0. The van der Waals surface area contributed by atoms with Crippen molar-refractivity contribution in [3.63, 3.8) is 0 Å². The van der Waals surface area contributed by atoms with E-state index in [4.69, 9.17) is 10.5 Å². The fraction of sp³-hybridized carbons (Fsp3) is 0.562. The molecule has 1 rings (SSSR count). The zero-order valence-corrected chi connectivity index (χ0v) is 13.0. The Hall–Kier alpha value is -1.71. The van der Waals surface area contributed by atoms with E-state index in [0.717, 1.165) is 18.7 Å². The zero-order valence-electron chi connectivity index (χ0n) is 13.0. The summed E-state index contributed by atoms with van der Waals surface area (Å²) in [5.74, 6) is -0.356. The molecular weight excluding hydrogens is 252 g/mol. The van der Waals surface area contributed by atoms with Gasteiger partial charge in [0.25, 0.3) is 0 Å². The number of hydrogen-bond acceptors (Lipinski definition) is 4. The predicted octanol–water partition coefficient (Wildman–Crippen LogP) is 3.46. The van der Waals surface area contributed by atoms with Crippen molar-refractivity contribution in [3.8, 4) is 0 Å². The van der Waals surface area contributed by atoms with Gasteiger partial charge in [0.15, 0.2) is 0 Å². The largest absolute Gasteiger partial charge is 0.465 e. The fourth-order valence-electron chi connectivity index (χ4n) is 2.25. The van der Waals surface area contributed by atoms with Crippen molar-refractivity contribution in [2.24, 2.45) is 0 Å². The molecule has 0 saturated heterocycles. The fourth-order valence-corrected chi connectivity index (χ4v) is 2.25. The summed E-state index contributed by atoms with van der Waals surface area (Å²) in [7, 11) is 1.37. The summed E-state index contributed by atoms with van der Waals surface area (Å²) in [4.78, 5) is 13.8. The van der Waals surface area contributed by atoms with Gasteiger partial charge in [0.2, 0.25) is 0 Å². The molecule has 0 amide bonds. The SMILES string of the molecule is CCCCCN(c1ccc(C(=O)OC)cc1N)C(C)C. The van der Waals surface area contributed by atoms with Crippen molar-refractivity contribution < 1.29 is 9.53 Å². The first-order chi connectivity index (χ1) is 9.51. The Labute approximate surface area is 121 Å². The number of nitrogen functional groups attached to an aromatic ring is 1. The van der Waals surface area contributed by atoms with Crippen LogP contribution in [-0.2, 0) is 4.74 Å². The molecule has 0 atom stereocenters. The number of methoxy groups -OCH3 is 1. The maximum atomic E-state index is 11.5. The van der Waals surface area contributed by atoms with Gasteiger partial charge in [0.05, 0.1) is 24.0 Å². The topological polar surface area (TPSA) is 55.6 Å². The van der Waals surface area contributed by atoms with Crippen LogP contribution in [0.3, 0.4) is 0 Å². The van der Waals surface area contributed by atoms with Crippen molar-refractivity contribution in [2.45, 2.75) is 46.1 Å². The highest BCUT2D eigenvalue weighted by molar-refractivity contribution is 5.92. The summed E-state index contributed by atoms with van der Waals surface area (Å²) in [5.41, 5.74) is 8.21. The minimum atomic E-state index is -0.356. The number of benzene rings is 1. The third-order valence-electron chi connectivity index (χ3n) is 3.38. The summed E-state index contributed by atoms with van der Waals surface area (Å²) in [6.07, 6.45) is 3.55. The van der Waals surface area contributed by atoms with Crippen LogP contribution in [0.4, 0.5) is 11.4 Å². The average Bonchev–Trinajstić information content (AvgIpc) is 2.43. The number of anilines is 2. The van der Waals surface area contributed by atoms with E-state index in [9.17, 15) is 4.79 Å². The molecule has 4 heteroatoms. The van der Waals surface area contributed by atoms with E-state index in [1.54, 1.807) is 12.1 Å². The molecular formula is C16H26N2O2. The van der Waals surface area contributed by atoms with Gasteiger partial charge < -0.3 is 15.4 Å². The van der Waals surface area contributed by atoms with E-state index in [1.807, 2.05) is 6.07 Å². The molecule has 0 radical (unpaired) electrons. The predicted molar refractivity (Wildman–Crippen MR) is 84.2 cm³/mol. The smallest absolute Gasteiger partial charge is 0.337 e. The van der Waals surface area contributed by atoms with Gasteiger partial charge in [-0.15, -0.1) is 0 Å². The number of hydrogen-bond donors (Lipinski definition) is 1. The van der Waals surface area contributed by atoms with Crippen molar-refractivity contribution >= 4 is 17.3 Å². The maximum absolute atomic E-state index is 11.5. The quantitative estimate of drug-likeness (QED) is 0.471. The number of nitrogens with two attached hydrogens (primary N) is 1. The van der Waals surface area contributed by atoms with Gasteiger partial charge in [-0.05, 0) is 38.5 Å². The van der Waals surface area contributed by atoms with Crippen LogP contribution in [0.5, 0.6) is 0 Å². The van der Waals surface area contributed by atoms with E-state index in [2.05, 4.69) is 25.7 Å². The molecule has 0 fully saturated rings. The van der Waals surface area contributed by atoms with Crippen LogP contribution >= 0.6 is 0 Å². The summed E-state index contributed by atoms with van der Waals surface area (Å²) in [6, 6.07) is 5.74. The number of ether oxygens (including phenoxy) is 1. The number of esters is 1. The highest BCUT2D eigenvalue weighted by Crippen LogP contribution is 2.27. The minimum absolute atomic E-state index is 0.356. The van der Waals surface area contributed by atoms with Crippen LogP contribution in [0.15, 0.2) is 18.2 Å². The van der Waals surface area contributed by atoms with Crippen LogP contribution in [0.25, 0.3) is 0 Å². The number of unbranched alkanes of at least 4 members (excludes halogenated alkanes) is 2. The molecule has 0 heterocycles. The molecule has 1 aromatic rings. The number of nitrogens with zero attached hydrogens (tertiary/aromatic N) is 1. The van der Waals surface area contributed by atoms with Gasteiger partial charge in [-0.2, -0.15) is 0 Å². The lowest BCUT2D eigenvalue weighted by atomic mass is 10.1. The molecule has 4 nitrogen and oxygen atoms in total. The zero-order chi connectivity index (χ0) is 15.1. The first-order valence-electron chi connectivity index (χ1n) is 7.25. The van der Waals surface area contributed by atoms with Gasteiger partial charge in [0, 0.05) is 12.6 Å². The van der Waals surface area contributed by atoms with Gasteiger partial charge in [-0.1, -0.05) is 19.8 Å². The normalized spacial score (nSPS) is 10.7. The molecule has 0 aliphatic carbocycles. The first-order valence-corrected chi connectivity index (χ1v) is 7.25. The van der Waals surface area contributed by atoms with E-state index >= 15 is 0 Å². The second kappa shape index (κ2) is 7.78. The Balaban J connectivity index is 2.94. The Kier molecular flexibility index (Phi) is 6.36. The standard InChI is InChI=1S/C16H26N2O2/c1-5-6-7-10-18(12(2)3)15-9-8-13(11-14(15)17)16(19)20-4/h8-9,11-12H,5-7,10,17H2,1-4H3. The van der Waals surface area contributed by atoms with E-state index in [-0.39, 0.29) is 5.97 Å². The Bertz CT molecular complexity index is 444. The van der Waals surface area contributed by atoms with Crippen LogP contribution in [0.1, 0.15) is 50.4 Å². The molecule has 0 aromatic heterocycles. The van der Waals surface area contributed by atoms with Gasteiger partial charge in [0.1, 0.15) is 0 Å².